The number of hydrogen-bond acceptors (Lipinski definition) is 4. The topological polar surface area (TPSA) is 58.1 Å². The van der Waals surface area contributed by atoms with Gasteiger partial charge in [0.1, 0.15) is 12.4 Å². The van der Waals surface area contributed by atoms with Crippen molar-refractivity contribution in [2.24, 2.45) is 10.9 Å². The van der Waals surface area contributed by atoms with E-state index in [0.717, 1.165) is 56.6 Å². The summed E-state index contributed by atoms with van der Waals surface area (Å²) in [6.07, 6.45) is 1.93. The van der Waals surface area contributed by atoms with Crippen LogP contribution in [0.15, 0.2) is 41.9 Å². The Kier molecular flexibility index (Phi) is 9.86. The third kappa shape index (κ3) is 7.90. The van der Waals surface area contributed by atoms with E-state index >= 15 is 0 Å². The third-order valence-electron chi connectivity index (χ3n) is 4.42. The molecule has 1 unspecified atom stereocenters. The number of ether oxygens (including phenoxy) is 2. The van der Waals surface area contributed by atoms with Crippen molar-refractivity contribution in [1.82, 2.24) is 15.5 Å². The monoisotopic (exact) mass is 388 g/mol. The van der Waals surface area contributed by atoms with E-state index in [2.05, 4.69) is 42.9 Å². The van der Waals surface area contributed by atoms with E-state index in [0.29, 0.717) is 19.1 Å². The molecule has 0 bridgehead atoms. The van der Waals surface area contributed by atoms with Gasteiger partial charge in [-0.25, -0.2) is 4.99 Å². The van der Waals surface area contributed by atoms with Crippen LogP contribution in [-0.2, 0) is 11.3 Å². The maximum Gasteiger partial charge on any atom is 0.191 e. The zero-order chi connectivity index (χ0) is 20.2. The van der Waals surface area contributed by atoms with Gasteiger partial charge in [0.25, 0.3) is 0 Å². The van der Waals surface area contributed by atoms with Gasteiger partial charge in [-0.3, -0.25) is 4.90 Å². The van der Waals surface area contributed by atoms with E-state index in [-0.39, 0.29) is 6.10 Å². The van der Waals surface area contributed by atoms with Crippen LogP contribution >= 0.6 is 0 Å². The maximum absolute atomic E-state index is 5.93. The zero-order valence-corrected chi connectivity index (χ0v) is 17.6. The highest BCUT2D eigenvalue weighted by Gasteiger charge is 2.21. The maximum atomic E-state index is 5.93. The summed E-state index contributed by atoms with van der Waals surface area (Å²) in [5.41, 5.74) is 1.05. The average molecular weight is 389 g/mol. The summed E-state index contributed by atoms with van der Waals surface area (Å²) in [5.74, 6) is 2.32. The standard InChI is InChI=1S/C22H36N4O2/c1-5-12-28-21-10-8-7-9-19(21)14-24-22(23-6-2)25-15-20-17-26(11-13-27-20)16-18(3)4/h5,7-10,18,20H,1,6,11-17H2,2-4H3,(H2,23,24,25). The number of para-hydroxylation sites is 1. The van der Waals surface area contributed by atoms with Crippen LogP contribution in [0.3, 0.4) is 0 Å². The molecule has 1 atom stereocenters. The molecule has 28 heavy (non-hydrogen) atoms. The summed E-state index contributed by atoms with van der Waals surface area (Å²) in [4.78, 5) is 7.21. The second kappa shape index (κ2) is 12.4. The molecule has 1 aromatic rings. The smallest absolute Gasteiger partial charge is 0.191 e. The normalized spacial score (nSPS) is 18.1. The molecule has 0 amide bonds. The minimum atomic E-state index is 0.180. The Hall–Kier alpha value is -2.05. The van der Waals surface area contributed by atoms with Gasteiger partial charge in [-0.05, 0) is 18.9 Å². The van der Waals surface area contributed by atoms with Crippen molar-refractivity contribution in [3.05, 3.63) is 42.5 Å². The van der Waals surface area contributed by atoms with Crippen LogP contribution in [0.25, 0.3) is 0 Å². The van der Waals surface area contributed by atoms with Crippen LogP contribution in [0.4, 0.5) is 0 Å². The Morgan fingerprint density at radius 3 is 2.96 bits per heavy atom. The zero-order valence-electron chi connectivity index (χ0n) is 17.6. The van der Waals surface area contributed by atoms with E-state index in [4.69, 9.17) is 14.5 Å². The van der Waals surface area contributed by atoms with E-state index in [1.807, 2.05) is 24.3 Å². The fourth-order valence-electron chi connectivity index (χ4n) is 3.23. The largest absolute Gasteiger partial charge is 0.489 e. The SMILES string of the molecule is C=CCOc1ccccc1CN=C(NCC)NCC1CN(CC(C)C)CCO1. The molecule has 0 aromatic heterocycles. The van der Waals surface area contributed by atoms with E-state index in [1.54, 1.807) is 6.08 Å². The number of nitrogens with zero attached hydrogens (tertiary/aromatic N) is 2. The van der Waals surface area contributed by atoms with Gasteiger partial charge in [0.05, 0.1) is 19.3 Å². The lowest BCUT2D eigenvalue weighted by Crippen LogP contribution is -2.50. The molecule has 0 radical (unpaired) electrons. The molecular weight excluding hydrogens is 352 g/mol. The summed E-state index contributed by atoms with van der Waals surface area (Å²) >= 11 is 0. The van der Waals surface area contributed by atoms with Crippen molar-refractivity contribution in [1.29, 1.82) is 0 Å². The Morgan fingerprint density at radius 1 is 1.39 bits per heavy atom. The molecule has 0 aliphatic carbocycles. The second-order valence-electron chi connectivity index (χ2n) is 7.43. The summed E-state index contributed by atoms with van der Waals surface area (Å²) in [6.45, 7) is 16.8. The fraction of sp³-hybridized carbons (Fsp3) is 0.591. The average Bonchev–Trinajstić information content (AvgIpc) is 2.69. The lowest BCUT2D eigenvalue weighted by molar-refractivity contribution is -0.0284. The van der Waals surface area contributed by atoms with Crippen molar-refractivity contribution in [2.45, 2.75) is 33.4 Å². The van der Waals surface area contributed by atoms with Gasteiger partial charge in [0.15, 0.2) is 5.96 Å². The Morgan fingerprint density at radius 2 is 2.21 bits per heavy atom. The summed E-state index contributed by atoms with van der Waals surface area (Å²) in [5, 5.41) is 6.74. The van der Waals surface area contributed by atoms with Crippen LogP contribution in [0.2, 0.25) is 0 Å². The van der Waals surface area contributed by atoms with Crippen molar-refractivity contribution in [3.8, 4) is 5.75 Å². The molecule has 0 spiro atoms. The van der Waals surface area contributed by atoms with Crippen LogP contribution in [0.1, 0.15) is 26.3 Å². The molecule has 1 heterocycles. The molecule has 1 aliphatic rings. The predicted molar refractivity (Wildman–Crippen MR) is 116 cm³/mol. The second-order valence-corrected chi connectivity index (χ2v) is 7.43. The third-order valence-corrected chi connectivity index (χ3v) is 4.42. The van der Waals surface area contributed by atoms with Gasteiger partial charge < -0.3 is 20.1 Å². The van der Waals surface area contributed by atoms with E-state index < -0.39 is 0 Å². The van der Waals surface area contributed by atoms with Gasteiger partial charge in [-0.1, -0.05) is 44.7 Å². The summed E-state index contributed by atoms with van der Waals surface area (Å²) < 4.78 is 11.7. The minimum absolute atomic E-state index is 0.180. The van der Waals surface area contributed by atoms with Crippen LogP contribution in [0, 0.1) is 5.92 Å². The number of hydrogen-bond donors (Lipinski definition) is 2. The first-order valence-corrected chi connectivity index (χ1v) is 10.3. The molecule has 6 heteroatoms. The molecule has 1 aliphatic heterocycles. The molecule has 6 nitrogen and oxygen atoms in total. The highest BCUT2D eigenvalue weighted by Crippen LogP contribution is 2.18. The fourth-order valence-corrected chi connectivity index (χ4v) is 3.23. The molecule has 156 valence electrons. The highest BCUT2D eigenvalue weighted by atomic mass is 16.5. The van der Waals surface area contributed by atoms with Crippen molar-refractivity contribution >= 4 is 5.96 Å². The molecule has 2 rings (SSSR count). The van der Waals surface area contributed by atoms with Gasteiger partial charge in [0.2, 0.25) is 0 Å². The minimum Gasteiger partial charge on any atom is -0.489 e. The Balaban J connectivity index is 1.91. The summed E-state index contributed by atoms with van der Waals surface area (Å²) in [7, 11) is 0. The first-order valence-electron chi connectivity index (χ1n) is 10.3. The lowest BCUT2D eigenvalue weighted by atomic mass is 10.2. The number of aliphatic imine (C=N–C) groups is 1. The molecular formula is C22H36N4O2. The van der Waals surface area contributed by atoms with Crippen molar-refractivity contribution in [3.63, 3.8) is 0 Å². The number of morpholine rings is 1. The first kappa shape index (κ1) is 22.2. The molecule has 1 saturated heterocycles. The molecule has 0 saturated carbocycles. The van der Waals surface area contributed by atoms with Gasteiger partial charge >= 0.3 is 0 Å². The number of benzene rings is 1. The highest BCUT2D eigenvalue weighted by molar-refractivity contribution is 5.79. The van der Waals surface area contributed by atoms with Gasteiger partial charge in [-0.15, -0.1) is 0 Å². The number of nitrogens with one attached hydrogen (secondary N) is 2. The van der Waals surface area contributed by atoms with Gasteiger partial charge in [-0.2, -0.15) is 0 Å². The quantitative estimate of drug-likeness (QED) is 0.367. The van der Waals surface area contributed by atoms with Gasteiger partial charge in [0, 0.05) is 38.3 Å². The van der Waals surface area contributed by atoms with Crippen molar-refractivity contribution in [2.75, 3.05) is 45.9 Å². The van der Waals surface area contributed by atoms with Crippen LogP contribution in [-0.4, -0.2) is 62.9 Å². The van der Waals surface area contributed by atoms with Crippen LogP contribution < -0.4 is 15.4 Å². The molecule has 1 aromatic carbocycles. The Bertz CT molecular complexity index is 618. The number of guanidine groups is 1. The van der Waals surface area contributed by atoms with E-state index in [9.17, 15) is 0 Å². The lowest BCUT2D eigenvalue weighted by Gasteiger charge is -2.34. The molecule has 1 fully saturated rings. The molecule has 2 N–H and O–H groups in total. The Labute approximate surface area is 170 Å². The number of rotatable bonds is 10. The first-order chi connectivity index (χ1) is 13.6. The van der Waals surface area contributed by atoms with Crippen LogP contribution in [0.5, 0.6) is 5.75 Å². The van der Waals surface area contributed by atoms with E-state index in [1.165, 1.54) is 0 Å². The summed E-state index contributed by atoms with van der Waals surface area (Å²) in [6, 6.07) is 7.98. The predicted octanol–water partition coefficient (Wildman–Crippen LogP) is 2.66. The van der Waals surface area contributed by atoms with Crippen molar-refractivity contribution < 1.29 is 9.47 Å².